The van der Waals surface area contributed by atoms with E-state index >= 15 is 0 Å². The summed E-state index contributed by atoms with van der Waals surface area (Å²) in [4.78, 5) is 2.53. The van der Waals surface area contributed by atoms with Gasteiger partial charge in [-0.2, -0.15) is 0 Å². The van der Waals surface area contributed by atoms with Crippen LogP contribution in [0.15, 0.2) is 0 Å². The van der Waals surface area contributed by atoms with E-state index in [2.05, 4.69) is 18.7 Å². The number of rotatable bonds is 11. The number of hydrogen-bond acceptors (Lipinski definition) is 3. The van der Waals surface area contributed by atoms with Gasteiger partial charge in [0.1, 0.15) is 0 Å². The molecule has 1 unspecified atom stereocenters. The second-order valence-electron chi connectivity index (χ2n) is 4.84. The van der Waals surface area contributed by atoms with Gasteiger partial charge in [-0.3, -0.25) is 4.90 Å². The first-order valence-corrected chi connectivity index (χ1v) is 7.06. The molecule has 0 saturated heterocycles. The van der Waals surface area contributed by atoms with Crippen LogP contribution in [-0.2, 0) is 4.74 Å². The van der Waals surface area contributed by atoms with E-state index in [0.29, 0.717) is 6.04 Å². The van der Waals surface area contributed by atoms with Crippen molar-refractivity contribution in [1.29, 1.82) is 0 Å². The fourth-order valence-electron chi connectivity index (χ4n) is 2.25. The predicted octanol–water partition coefficient (Wildman–Crippen LogP) is 2.67. The number of ether oxygens (including phenoxy) is 1. The normalized spacial score (nSPS) is 13.6. The zero-order chi connectivity index (χ0) is 13.1. The van der Waals surface area contributed by atoms with Crippen LogP contribution in [0.1, 0.15) is 52.9 Å². The summed E-state index contributed by atoms with van der Waals surface area (Å²) in [5.41, 5.74) is 0. The molecule has 3 heteroatoms. The second-order valence-corrected chi connectivity index (χ2v) is 4.84. The van der Waals surface area contributed by atoms with Crippen molar-refractivity contribution in [2.24, 2.45) is 0 Å². The smallest absolute Gasteiger partial charge is 0.0589 e. The van der Waals surface area contributed by atoms with Crippen molar-refractivity contribution in [2.75, 3.05) is 26.8 Å². The highest BCUT2D eigenvalue weighted by Gasteiger charge is 2.14. The molecule has 0 fully saturated rings. The zero-order valence-corrected chi connectivity index (χ0v) is 12.1. The van der Waals surface area contributed by atoms with E-state index < -0.39 is 0 Å². The fourth-order valence-corrected chi connectivity index (χ4v) is 2.25. The van der Waals surface area contributed by atoms with Crippen molar-refractivity contribution in [3.8, 4) is 0 Å². The Morgan fingerprint density at radius 2 is 1.76 bits per heavy atom. The van der Waals surface area contributed by atoms with Gasteiger partial charge in [0, 0.05) is 19.7 Å². The van der Waals surface area contributed by atoms with Gasteiger partial charge in [0.15, 0.2) is 0 Å². The molecule has 0 rings (SSSR count). The van der Waals surface area contributed by atoms with Gasteiger partial charge in [0.2, 0.25) is 0 Å². The number of aliphatic hydroxyl groups excluding tert-OH is 1. The lowest BCUT2D eigenvalue weighted by Crippen LogP contribution is -2.37. The van der Waals surface area contributed by atoms with Crippen LogP contribution in [0.5, 0.6) is 0 Å². The van der Waals surface area contributed by atoms with Gasteiger partial charge in [-0.25, -0.2) is 0 Å². The topological polar surface area (TPSA) is 32.7 Å². The Morgan fingerprint density at radius 1 is 1.12 bits per heavy atom. The summed E-state index contributed by atoms with van der Waals surface area (Å²) in [6.07, 6.45) is 5.45. The number of nitrogens with zero attached hydrogens (tertiary/aromatic N) is 1. The van der Waals surface area contributed by atoms with Gasteiger partial charge in [0.25, 0.3) is 0 Å². The quantitative estimate of drug-likeness (QED) is 0.568. The van der Waals surface area contributed by atoms with Gasteiger partial charge < -0.3 is 9.84 Å². The van der Waals surface area contributed by atoms with Crippen LogP contribution < -0.4 is 0 Å². The number of hydrogen-bond donors (Lipinski definition) is 1. The minimum absolute atomic E-state index is 0.157. The first kappa shape index (κ1) is 16.9. The first-order valence-electron chi connectivity index (χ1n) is 7.06. The monoisotopic (exact) mass is 245 g/mol. The molecule has 17 heavy (non-hydrogen) atoms. The molecule has 0 radical (unpaired) electrons. The van der Waals surface area contributed by atoms with E-state index in [9.17, 15) is 5.11 Å². The van der Waals surface area contributed by atoms with E-state index in [-0.39, 0.29) is 6.10 Å². The maximum absolute atomic E-state index is 9.23. The fraction of sp³-hybridized carbons (Fsp3) is 1.00. The Kier molecular flexibility index (Phi) is 10.9. The summed E-state index contributed by atoms with van der Waals surface area (Å²) in [5, 5.41) is 9.23. The summed E-state index contributed by atoms with van der Waals surface area (Å²) in [7, 11) is 1.76. The van der Waals surface area contributed by atoms with Gasteiger partial charge in [-0.15, -0.1) is 0 Å². The van der Waals surface area contributed by atoms with E-state index in [0.717, 1.165) is 32.5 Å². The lowest BCUT2D eigenvalue weighted by atomic mass is 10.1. The molecule has 0 saturated carbocycles. The second kappa shape index (κ2) is 11.0. The first-order chi connectivity index (χ1) is 8.15. The number of aliphatic hydroxyl groups is 1. The maximum atomic E-state index is 9.23. The van der Waals surface area contributed by atoms with E-state index in [1.54, 1.807) is 7.11 Å². The molecule has 1 atom stereocenters. The lowest BCUT2D eigenvalue weighted by Gasteiger charge is -2.30. The molecule has 0 aliphatic carbocycles. The molecule has 0 aliphatic rings. The lowest BCUT2D eigenvalue weighted by molar-refractivity contribution is 0.111. The summed E-state index contributed by atoms with van der Waals surface area (Å²) in [5.74, 6) is 0. The van der Waals surface area contributed by atoms with Gasteiger partial charge in [-0.05, 0) is 45.6 Å². The van der Waals surface area contributed by atoms with Gasteiger partial charge in [0.05, 0.1) is 12.7 Å². The molecule has 0 aromatic rings. The summed E-state index contributed by atoms with van der Waals surface area (Å²) in [6, 6.07) is 0.677. The molecule has 104 valence electrons. The van der Waals surface area contributed by atoms with Crippen molar-refractivity contribution in [3.05, 3.63) is 0 Å². The van der Waals surface area contributed by atoms with E-state index in [1.807, 2.05) is 6.92 Å². The molecule has 0 spiro atoms. The Labute approximate surface area is 107 Å². The molecule has 0 amide bonds. The molecule has 1 N–H and O–H groups in total. The Morgan fingerprint density at radius 3 is 2.24 bits per heavy atom. The number of unbranched alkanes of at least 4 members (excludes halogenated alkanes) is 1. The molecule has 0 aliphatic heterocycles. The maximum Gasteiger partial charge on any atom is 0.0589 e. The van der Waals surface area contributed by atoms with Crippen molar-refractivity contribution < 1.29 is 9.84 Å². The van der Waals surface area contributed by atoms with Crippen LogP contribution in [0, 0.1) is 0 Å². The molecular formula is C14H31NO2. The molecule has 0 aromatic heterocycles. The van der Waals surface area contributed by atoms with Gasteiger partial charge in [-0.1, -0.05) is 13.8 Å². The van der Waals surface area contributed by atoms with Crippen LogP contribution >= 0.6 is 0 Å². The van der Waals surface area contributed by atoms with Crippen LogP contribution in [0.4, 0.5) is 0 Å². The molecule has 0 heterocycles. The van der Waals surface area contributed by atoms with E-state index in [1.165, 1.54) is 19.3 Å². The Hall–Kier alpha value is -0.120. The zero-order valence-electron chi connectivity index (χ0n) is 12.1. The van der Waals surface area contributed by atoms with Crippen molar-refractivity contribution in [2.45, 2.75) is 65.0 Å². The average Bonchev–Trinajstić information content (AvgIpc) is 2.31. The van der Waals surface area contributed by atoms with Crippen LogP contribution in [0.2, 0.25) is 0 Å². The standard InChI is InChI=1S/C14H31NO2/c1-5-14(6-2)15(11-12-17-4)10-8-7-9-13(3)16/h13-14,16H,5-12H2,1-4H3. The number of methoxy groups -OCH3 is 1. The van der Waals surface area contributed by atoms with Crippen LogP contribution in [-0.4, -0.2) is 49.0 Å². The minimum atomic E-state index is -0.157. The molecule has 0 bridgehead atoms. The largest absolute Gasteiger partial charge is 0.393 e. The Bertz CT molecular complexity index is 158. The summed E-state index contributed by atoms with van der Waals surface area (Å²) >= 11 is 0. The van der Waals surface area contributed by atoms with Crippen LogP contribution in [0.25, 0.3) is 0 Å². The highest BCUT2D eigenvalue weighted by molar-refractivity contribution is 4.69. The molecule has 3 nitrogen and oxygen atoms in total. The van der Waals surface area contributed by atoms with Crippen molar-refractivity contribution in [3.63, 3.8) is 0 Å². The SMILES string of the molecule is CCC(CC)N(CCCCC(C)O)CCOC. The highest BCUT2D eigenvalue weighted by Crippen LogP contribution is 2.11. The highest BCUT2D eigenvalue weighted by atomic mass is 16.5. The summed E-state index contributed by atoms with van der Waals surface area (Å²) in [6.45, 7) is 9.34. The minimum Gasteiger partial charge on any atom is -0.393 e. The molecule has 0 aromatic carbocycles. The third-order valence-corrected chi connectivity index (χ3v) is 3.36. The molecular weight excluding hydrogens is 214 g/mol. The predicted molar refractivity (Wildman–Crippen MR) is 73.4 cm³/mol. The van der Waals surface area contributed by atoms with E-state index in [4.69, 9.17) is 4.74 Å². The van der Waals surface area contributed by atoms with Crippen molar-refractivity contribution in [1.82, 2.24) is 4.90 Å². The van der Waals surface area contributed by atoms with Gasteiger partial charge >= 0.3 is 0 Å². The summed E-state index contributed by atoms with van der Waals surface area (Å²) < 4.78 is 5.17. The third kappa shape index (κ3) is 8.58. The van der Waals surface area contributed by atoms with Crippen molar-refractivity contribution >= 4 is 0 Å². The third-order valence-electron chi connectivity index (χ3n) is 3.36. The average molecular weight is 245 g/mol. The Balaban J connectivity index is 3.91. The van der Waals surface area contributed by atoms with Crippen LogP contribution in [0.3, 0.4) is 0 Å².